The van der Waals surface area contributed by atoms with Crippen LogP contribution in [0, 0.1) is 6.92 Å². The molecule has 2 rings (SSSR count). The summed E-state index contributed by atoms with van der Waals surface area (Å²) in [7, 11) is 0. The SMILES string of the molecule is CC(=O)Nc1cc(NC(C)=O)cc(C(=O)NCCc2ccccc2C)c1. The largest absolute Gasteiger partial charge is 0.352 e. The van der Waals surface area contributed by atoms with Crippen molar-refractivity contribution in [3.63, 3.8) is 0 Å². The lowest BCUT2D eigenvalue weighted by Gasteiger charge is -2.11. The molecular formula is C20H23N3O3. The van der Waals surface area contributed by atoms with Crippen LogP contribution < -0.4 is 16.0 Å². The Hall–Kier alpha value is -3.15. The minimum absolute atomic E-state index is 0.254. The Morgan fingerprint density at radius 2 is 1.46 bits per heavy atom. The first-order valence-corrected chi connectivity index (χ1v) is 8.38. The number of carbonyl (C=O) groups is 3. The minimum Gasteiger partial charge on any atom is -0.352 e. The van der Waals surface area contributed by atoms with E-state index in [1.807, 2.05) is 31.2 Å². The maximum absolute atomic E-state index is 12.5. The molecule has 0 radical (unpaired) electrons. The number of carbonyl (C=O) groups excluding carboxylic acids is 3. The minimum atomic E-state index is -0.266. The third-order valence-corrected chi connectivity index (χ3v) is 3.78. The van der Waals surface area contributed by atoms with Gasteiger partial charge in [0.25, 0.3) is 5.91 Å². The number of hydrogen-bond donors (Lipinski definition) is 3. The Bertz CT molecular complexity index is 797. The highest BCUT2D eigenvalue weighted by molar-refractivity contribution is 5.99. The van der Waals surface area contributed by atoms with Gasteiger partial charge < -0.3 is 16.0 Å². The van der Waals surface area contributed by atoms with Crippen LogP contribution in [0.2, 0.25) is 0 Å². The predicted octanol–water partition coefficient (Wildman–Crippen LogP) is 2.88. The van der Waals surface area contributed by atoms with Crippen molar-refractivity contribution in [1.82, 2.24) is 5.32 Å². The number of anilines is 2. The van der Waals surface area contributed by atoms with Gasteiger partial charge in [0.15, 0.2) is 0 Å². The van der Waals surface area contributed by atoms with Gasteiger partial charge in [-0.3, -0.25) is 14.4 Å². The van der Waals surface area contributed by atoms with Gasteiger partial charge in [0, 0.05) is 37.3 Å². The van der Waals surface area contributed by atoms with Gasteiger partial charge in [-0.25, -0.2) is 0 Å². The van der Waals surface area contributed by atoms with Crippen molar-refractivity contribution in [2.45, 2.75) is 27.2 Å². The van der Waals surface area contributed by atoms with Gasteiger partial charge in [0.1, 0.15) is 0 Å². The molecule has 0 aliphatic carbocycles. The first-order chi connectivity index (χ1) is 12.3. The van der Waals surface area contributed by atoms with Crippen LogP contribution in [0.25, 0.3) is 0 Å². The van der Waals surface area contributed by atoms with Crippen LogP contribution in [-0.2, 0) is 16.0 Å². The van der Waals surface area contributed by atoms with E-state index in [-0.39, 0.29) is 17.7 Å². The summed E-state index contributed by atoms with van der Waals surface area (Å²) in [6.45, 7) is 5.29. The fourth-order valence-corrected chi connectivity index (χ4v) is 2.61. The zero-order valence-corrected chi connectivity index (χ0v) is 15.2. The van der Waals surface area contributed by atoms with Crippen LogP contribution >= 0.6 is 0 Å². The van der Waals surface area contributed by atoms with Crippen LogP contribution in [0.5, 0.6) is 0 Å². The topological polar surface area (TPSA) is 87.3 Å². The summed E-state index contributed by atoms with van der Waals surface area (Å²) >= 11 is 0. The number of aryl methyl sites for hydroxylation is 1. The lowest BCUT2D eigenvalue weighted by Crippen LogP contribution is -2.26. The number of amides is 3. The highest BCUT2D eigenvalue weighted by atomic mass is 16.2. The summed E-state index contributed by atoms with van der Waals surface area (Å²) in [5, 5.41) is 8.14. The molecule has 0 aliphatic rings. The van der Waals surface area contributed by atoms with Crippen LogP contribution in [-0.4, -0.2) is 24.3 Å². The summed E-state index contributed by atoms with van der Waals surface area (Å²) in [6.07, 6.45) is 0.725. The van der Waals surface area contributed by atoms with Gasteiger partial charge in [-0.05, 0) is 42.7 Å². The second kappa shape index (κ2) is 8.80. The van der Waals surface area contributed by atoms with Crippen molar-refractivity contribution in [2.75, 3.05) is 17.2 Å². The van der Waals surface area contributed by atoms with Crippen molar-refractivity contribution < 1.29 is 14.4 Å². The molecule has 0 saturated heterocycles. The van der Waals surface area contributed by atoms with Crippen molar-refractivity contribution in [1.29, 1.82) is 0 Å². The van der Waals surface area contributed by atoms with Crippen molar-refractivity contribution in [2.24, 2.45) is 0 Å². The van der Waals surface area contributed by atoms with Crippen molar-refractivity contribution in [3.8, 4) is 0 Å². The van der Waals surface area contributed by atoms with E-state index in [4.69, 9.17) is 0 Å². The maximum Gasteiger partial charge on any atom is 0.251 e. The molecule has 0 bridgehead atoms. The molecule has 3 amide bonds. The summed E-state index contributed by atoms with van der Waals surface area (Å²) in [5.74, 6) is -0.774. The Kier molecular flexibility index (Phi) is 6.49. The van der Waals surface area contributed by atoms with E-state index in [0.717, 1.165) is 6.42 Å². The van der Waals surface area contributed by atoms with E-state index in [1.165, 1.54) is 25.0 Å². The monoisotopic (exact) mass is 353 g/mol. The van der Waals surface area contributed by atoms with Crippen molar-refractivity contribution >= 4 is 29.1 Å². The molecule has 0 fully saturated rings. The second-order valence-corrected chi connectivity index (χ2v) is 6.09. The number of benzene rings is 2. The molecule has 2 aromatic carbocycles. The molecule has 0 atom stereocenters. The van der Waals surface area contributed by atoms with Crippen LogP contribution in [0.3, 0.4) is 0 Å². The second-order valence-electron chi connectivity index (χ2n) is 6.09. The average Bonchev–Trinajstić information content (AvgIpc) is 2.55. The van der Waals surface area contributed by atoms with E-state index < -0.39 is 0 Å². The highest BCUT2D eigenvalue weighted by Gasteiger charge is 2.10. The molecule has 136 valence electrons. The summed E-state index contributed by atoms with van der Waals surface area (Å²) in [5.41, 5.74) is 3.63. The smallest absolute Gasteiger partial charge is 0.251 e. The third-order valence-electron chi connectivity index (χ3n) is 3.78. The zero-order valence-electron chi connectivity index (χ0n) is 15.2. The van der Waals surface area contributed by atoms with Crippen LogP contribution in [0.4, 0.5) is 11.4 Å². The van der Waals surface area contributed by atoms with E-state index >= 15 is 0 Å². The molecule has 2 aromatic rings. The number of rotatable bonds is 6. The fraction of sp³-hybridized carbons (Fsp3) is 0.250. The quantitative estimate of drug-likeness (QED) is 0.746. The highest BCUT2D eigenvalue weighted by Crippen LogP contribution is 2.19. The van der Waals surface area contributed by atoms with E-state index in [2.05, 4.69) is 16.0 Å². The van der Waals surface area contributed by atoms with E-state index in [1.54, 1.807) is 18.2 Å². The first kappa shape index (κ1) is 19.2. The molecule has 6 heteroatoms. The van der Waals surface area contributed by atoms with Gasteiger partial charge in [-0.1, -0.05) is 24.3 Å². The zero-order chi connectivity index (χ0) is 19.1. The Morgan fingerprint density at radius 3 is 2.00 bits per heavy atom. The average molecular weight is 353 g/mol. The molecule has 3 N–H and O–H groups in total. The molecule has 0 saturated carbocycles. The first-order valence-electron chi connectivity index (χ1n) is 8.38. The summed E-state index contributed by atoms with van der Waals surface area (Å²) in [4.78, 5) is 35.0. The number of hydrogen-bond acceptors (Lipinski definition) is 3. The lowest BCUT2D eigenvalue weighted by atomic mass is 10.1. The van der Waals surface area contributed by atoms with Gasteiger partial charge in [0.2, 0.25) is 11.8 Å². The number of nitrogens with one attached hydrogen (secondary N) is 3. The fourth-order valence-electron chi connectivity index (χ4n) is 2.61. The summed E-state index contributed by atoms with van der Waals surface area (Å²) in [6, 6.07) is 12.8. The molecule has 0 spiro atoms. The Morgan fingerprint density at radius 1 is 0.885 bits per heavy atom. The molecule has 0 aliphatic heterocycles. The Labute approximate surface area is 153 Å². The molecule has 6 nitrogen and oxygen atoms in total. The molecule has 26 heavy (non-hydrogen) atoms. The van der Waals surface area contributed by atoms with Gasteiger partial charge in [-0.15, -0.1) is 0 Å². The normalized spacial score (nSPS) is 10.1. The molecular weight excluding hydrogens is 330 g/mol. The Balaban J connectivity index is 2.09. The van der Waals surface area contributed by atoms with Gasteiger partial charge >= 0.3 is 0 Å². The van der Waals surface area contributed by atoms with Crippen LogP contribution in [0.1, 0.15) is 35.3 Å². The lowest BCUT2D eigenvalue weighted by molar-refractivity contribution is -0.115. The standard InChI is InChI=1S/C20H23N3O3/c1-13-6-4-5-7-16(13)8-9-21-20(26)17-10-18(22-14(2)24)12-19(11-17)23-15(3)25/h4-7,10-12H,8-9H2,1-3H3,(H,21,26)(H,22,24)(H,23,25). The molecule has 0 heterocycles. The summed E-state index contributed by atoms with van der Waals surface area (Å²) < 4.78 is 0. The molecule has 0 aromatic heterocycles. The van der Waals surface area contributed by atoms with E-state index in [0.29, 0.717) is 23.5 Å². The van der Waals surface area contributed by atoms with Crippen molar-refractivity contribution in [3.05, 3.63) is 59.2 Å². The predicted molar refractivity (Wildman–Crippen MR) is 102 cm³/mol. The third kappa shape index (κ3) is 5.73. The van der Waals surface area contributed by atoms with Crippen LogP contribution in [0.15, 0.2) is 42.5 Å². The van der Waals surface area contributed by atoms with Gasteiger partial charge in [0.05, 0.1) is 0 Å². The maximum atomic E-state index is 12.5. The van der Waals surface area contributed by atoms with E-state index in [9.17, 15) is 14.4 Å². The van der Waals surface area contributed by atoms with Gasteiger partial charge in [-0.2, -0.15) is 0 Å². The molecule has 0 unspecified atom stereocenters.